The van der Waals surface area contributed by atoms with Crippen molar-refractivity contribution in [1.82, 2.24) is 20.4 Å². The molecule has 1 amide bonds. The van der Waals surface area contributed by atoms with Crippen LogP contribution in [0.25, 0.3) is 11.1 Å². The van der Waals surface area contributed by atoms with E-state index in [4.69, 9.17) is 16.3 Å². The number of Topliss-reactive ketones (excluding diaryl/α,β-unsaturated/α-hetero) is 2. The molecule has 0 radical (unpaired) electrons. The number of carbonyl (C=O) groups is 3. The third-order valence-corrected chi connectivity index (χ3v) is 7.55. The highest BCUT2D eigenvalue weighted by Gasteiger charge is 2.52. The van der Waals surface area contributed by atoms with Crippen LogP contribution in [-0.4, -0.2) is 75.8 Å². The summed E-state index contributed by atoms with van der Waals surface area (Å²) in [6.45, 7) is 0.821. The molecule has 1 saturated carbocycles. The largest absolute Gasteiger partial charge is 0.367 e. The third-order valence-electron chi connectivity index (χ3n) is 7.16. The van der Waals surface area contributed by atoms with Crippen LogP contribution in [0.1, 0.15) is 36.0 Å². The van der Waals surface area contributed by atoms with Gasteiger partial charge in [-0.3, -0.25) is 24.4 Å². The number of benzene rings is 1. The molecule has 1 aromatic heterocycles. The number of alkyl halides is 1. The molecule has 2 aliphatic heterocycles. The third kappa shape index (κ3) is 4.47. The van der Waals surface area contributed by atoms with E-state index in [0.717, 1.165) is 36.8 Å². The van der Waals surface area contributed by atoms with Crippen molar-refractivity contribution in [3.05, 3.63) is 42.2 Å². The number of ether oxygens (including phenoxy) is 1. The number of amides is 1. The Morgan fingerprint density at radius 2 is 2.03 bits per heavy atom. The molecule has 9 heteroatoms. The number of hydrogen-bond donors (Lipinski definition) is 2. The first-order valence-corrected chi connectivity index (χ1v) is 11.9. The molecule has 2 saturated heterocycles. The predicted molar refractivity (Wildman–Crippen MR) is 122 cm³/mol. The van der Waals surface area contributed by atoms with Crippen LogP contribution >= 0.6 is 11.6 Å². The molecule has 3 heterocycles. The maximum atomic E-state index is 12.8. The summed E-state index contributed by atoms with van der Waals surface area (Å²) in [5.74, 6) is -0.165. The van der Waals surface area contributed by atoms with E-state index in [1.807, 2.05) is 12.1 Å². The van der Waals surface area contributed by atoms with E-state index < -0.39 is 0 Å². The van der Waals surface area contributed by atoms with Gasteiger partial charge in [-0.2, -0.15) is 5.10 Å². The van der Waals surface area contributed by atoms with Gasteiger partial charge in [0.15, 0.2) is 11.6 Å². The van der Waals surface area contributed by atoms with Crippen molar-refractivity contribution in [2.45, 2.75) is 49.2 Å². The Bertz CT molecular complexity index is 1030. The van der Waals surface area contributed by atoms with Gasteiger partial charge in [0.25, 0.3) is 5.91 Å². The first-order chi connectivity index (χ1) is 16.0. The van der Waals surface area contributed by atoms with Gasteiger partial charge in [0.1, 0.15) is 6.61 Å². The molecule has 1 aliphatic carbocycles. The summed E-state index contributed by atoms with van der Waals surface area (Å²) in [6, 6.07) is 7.26. The van der Waals surface area contributed by atoms with Gasteiger partial charge in [0.05, 0.1) is 30.3 Å². The number of H-pyrrole nitrogens is 1. The van der Waals surface area contributed by atoms with Crippen molar-refractivity contribution >= 4 is 29.1 Å². The van der Waals surface area contributed by atoms with Crippen LogP contribution in [-0.2, 0) is 14.3 Å². The maximum Gasteiger partial charge on any atom is 0.251 e. The molecular weight excluding hydrogens is 444 g/mol. The Morgan fingerprint density at radius 3 is 2.79 bits per heavy atom. The first-order valence-electron chi connectivity index (χ1n) is 11.5. The highest BCUT2D eigenvalue weighted by molar-refractivity contribution is 6.22. The van der Waals surface area contributed by atoms with Crippen LogP contribution in [0.15, 0.2) is 36.7 Å². The van der Waals surface area contributed by atoms with E-state index in [1.165, 1.54) is 0 Å². The molecule has 3 unspecified atom stereocenters. The Kier molecular flexibility index (Phi) is 6.32. The number of fused-ring (bicyclic) bond motifs is 1. The second kappa shape index (κ2) is 9.37. The number of aromatic amines is 1. The number of ketones is 2. The summed E-state index contributed by atoms with van der Waals surface area (Å²) in [6.07, 6.45) is 6.45. The molecule has 0 spiro atoms. The highest BCUT2D eigenvalue weighted by Crippen LogP contribution is 2.37. The molecule has 0 bridgehead atoms. The lowest BCUT2D eigenvalue weighted by atomic mass is 9.82. The fourth-order valence-corrected chi connectivity index (χ4v) is 5.77. The zero-order chi connectivity index (χ0) is 22.9. The topological polar surface area (TPSA) is 104 Å². The van der Waals surface area contributed by atoms with E-state index in [9.17, 15) is 14.4 Å². The first kappa shape index (κ1) is 22.3. The molecule has 3 aliphatic rings. The molecule has 2 aromatic rings. The quantitative estimate of drug-likeness (QED) is 0.627. The zero-order valence-corrected chi connectivity index (χ0v) is 19.0. The molecule has 5 rings (SSSR count). The highest BCUT2D eigenvalue weighted by atomic mass is 35.5. The maximum absolute atomic E-state index is 12.8. The van der Waals surface area contributed by atoms with Gasteiger partial charge in [-0.25, -0.2) is 0 Å². The number of hydrogen-bond acceptors (Lipinski definition) is 6. The number of aromatic nitrogens is 2. The average Bonchev–Trinajstić information content (AvgIpc) is 3.58. The second-order valence-electron chi connectivity index (χ2n) is 9.12. The fourth-order valence-electron chi connectivity index (χ4n) is 5.40. The number of likely N-dealkylation sites (tertiary alicyclic amines) is 1. The molecule has 2 N–H and O–H groups in total. The Labute approximate surface area is 197 Å². The van der Waals surface area contributed by atoms with Gasteiger partial charge in [-0.1, -0.05) is 12.1 Å². The predicted octanol–water partition coefficient (Wildman–Crippen LogP) is 2.19. The number of halogens is 1. The van der Waals surface area contributed by atoms with Gasteiger partial charge < -0.3 is 10.1 Å². The molecule has 1 aromatic carbocycles. The minimum Gasteiger partial charge on any atom is -0.367 e. The van der Waals surface area contributed by atoms with Gasteiger partial charge in [-0.15, -0.1) is 11.6 Å². The number of rotatable bonds is 6. The molecular formula is C24H27ClN4O4. The minimum atomic E-state index is -0.265. The van der Waals surface area contributed by atoms with Crippen molar-refractivity contribution in [3.63, 3.8) is 0 Å². The summed E-state index contributed by atoms with van der Waals surface area (Å²) in [5.41, 5.74) is 2.29. The number of nitrogens with one attached hydrogen (secondary N) is 2. The zero-order valence-electron chi connectivity index (χ0n) is 18.2. The SMILES string of the molecule is O=C(NCC(=O)C1CCC(N2CC(Cl)C3OCC(=O)C32)CC1)c1cccc(-c2cn[nH]c2)c1. The van der Waals surface area contributed by atoms with Gasteiger partial charge in [0.2, 0.25) is 0 Å². The van der Waals surface area contributed by atoms with Crippen molar-refractivity contribution in [3.8, 4) is 11.1 Å². The summed E-state index contributed by atoms with van der Waals surface area (Å²) in [5, 5.41) is 9.31. The molecule has 8 nitrogen and oxygen atoms in total. The van der Waals surface area contributed by atoms with Crippen LogP contribution in [0.5, 0.6) is 0 Å². The summed E-state index contributed by atoms with van der Waals surface area (Å²) in [4.78, 5) is 39.8. The Morgan fingerprint density at radius 1 is 1.21 bits per heavy atom. The summed E-state index contributed by atoms with van der Waals surface area (Å²) in [7, 11) is 0. The number of carbonyl (C=O) groups excluding carboxylic acids is 3. The van der Waals surface area contributed by atoms with E-state index in [1.54, 1.807) is 24.5 Å². The van der Waals surface area contributed by atoms with E-state index in [2.05, 4.69) is 20.4 Å². The number of nitrogens with zero attached hydrogens (tertiary/aromatic N) is 2. The standard InChI is InChI=1S/C24H27ClN4O4/c25-19-12-29(22-21(31)13-33-23(19)22)18-6-4-14(5-7-18)20(30)11-26-24(32)16-3-1-2-15(8-16)17-9-27-28-10-17/h1-3,8-10,14,18-19,22-23H,4-7,11-13H2,(H,26,32)(H,27,28). The second-order valence-corrected chi connectivity index (χ2v) is 9.68. The molecule has 33 heavy (non-hydrogen) atoms. The average molecular weight is 471 g/mol. The van der Waals surface area contributed by atoms with Gasteiger partial charge in [0, 0.05) is 35.8 Å². The van der Waals surface area contributed by atoms with Crippen LogP contribution in [0.4, 0.5) is 0 Å². The van der Waals surface area contributed by atoms with E-state index in [0.29, 0.717) is 12.1 Å². The molecule has 3 atom stereocenters. The smallest absolute Gasteiger partial charge is 0.251 e. The lowest BCUT2D eigenvalue weighted by Crippen LogP contribution is -2.46. The Hall–Kier alpha value is -2.55. The minimum absolute atomic E-state index is 0.0224. The Balaban J connectivity index is 1.12. The van der Waals surface area contributed by atoms with Crippen LogP contribution < -0.4 is 5.32 Å². The van der Waals surface area contributed by atoms with Crippen molar-refractivity contribution in [2.24, 2.45) is 5.92 Å². The van der Waals surface area contributed by atoms with E-state index >= 15 is 0 Å². The lowest BCUT2D eigenvalue weighted by Gasteiger charge is -2.36. The van der Waals surface area contributed by atoms with Crippen LogP contribution in [0, 0.1) is 5.92 Å². The normalized spacial score (nSPS) is 29.7. The lowest BCUT2D eigenvalue weighted by molar-refractivity contribution is -0.125. The summed E-state index contributed by atoms with van der Waals surface area (Å²) >= 11 is 6.41. The molecule has 3 fully saturated rings. The monoisotopic (exact) mass is 470 g/mol. The van der Waals surface area contributed by atoms with Gasteiger partial charge >= 0.3 is 0 Å². The van der Waals surface area contributed by atoms with Crippen molar-refractivity contribution in [2.75, 3.05) is 19.7 Å². The van der Waals surface area contributed by atoms with Crippen LogP contribution in [0.3, 0.4) is 0 Å². The van der Waals surface area contributed by atoms with Crippen molar-refractivity contribution in [1.29, 1.82) is 0 Å². The molecule has 174 valence electrons. The van der Waals surface area contributed by atoms with Gasteiger partial charge in [-0.05, 0) is 43.4 Å². The van der Waals surface area contributed by atoms with Crippen LogP contribution in [0.2, 0.25) is 0 Å². The fraction of sp³-hybridized carbons (Fsp3) is 0.500. The summed E-state index contributed by atoms with van der Waals surface area (Å²) < 4.78 is 5.58. The van der Waals surface area contributed by atoms with Crippen molar-refractivity contribution < 1.29 is 19.1 Å². The van der Waals surface area contributed by atoms with E-state index in [-0.39, 0.29) is 60.1 Å².